The summed E-state index contributed by atoms with van der Waals surface area (Å²) in [7, 11) is 0. The van der Waals surface area contributed by atoms with Crippen LogP contribution >= 0.6 is 38.9 Å². The van der Waals surface area contributed by atoms with Crippen molar-refractivity contribution in [2.45, 2.75) is 13.0 Å². The molecule has 90 valence electrons. The second-order valence-corrected chi connectivity index (χ2v) is 6.68. The number of aliphatic hydroxyl groups is 1. The highest BCUT2D eigenvalue weighted by Crippen LogP contribution is 2.34. The van der Waals surface area contributed by atoms with E-state index in [4.69, 9.17) is 11.6 Å². The molecule has 1 aromatic carbocycles. The van der Waals surface area contributed by atoms with Crippen LogP contribution in [0.2, 0.25) is 5.02 Å². The lowest BCUT2D eigenvalue weighted by atomic mass is 10.0. The molecule has 1 N–H and O–H groups in total. The van der Waals surface area contributed by atoms with E-state index < -0.39 is 11.9 Å². The third kappa shape index (κ3) is 2.71. The van der Waals surface area contributed by atoms with E-state index in [0.717, 1.165) is 14.2 Å². The maximum Gasteiger partial charge on any atom is 0.141 e. The maximum absolute atomic E-state index is 13.0. The van der Waals surface area contributed by atoms with Crippen LogP contribution in [0.15, 0.2) is 28.1 Å². The van der Waals surface area contributed by atoms with Gasteiger partial charge in [0.05, 0.1) is 8.81 Å². The molecule has 0 amide bonds. The Kier molecular flexibility index (Phi) is 3.88. The molecule has 0 aliphatic heterocycles. The number of rotatable bonds is 2. The van der Waals surface area contributed by atoms with Gasteiger partial charge < -0.3 is 5.11 Å². The first-order valence-corrected chi connectivity index (χ1v) is 6.86. The quantitative estimate of drug-likeness (QED) is 0.844. The Labute approximate surface area is 116 Å². The van der Waals surface area contributed by atoms with Crippen molar-refractivity contribution in [2.75, 3.05) is 0 Å². The molecule has 0 aliphatic rings. The second-order valence-electron chi connectivity index (χ2n) is 3.64. The van der Waals surface area contributed by atoms with Crippen LogP contribution in [0.5, 0.6) is 0 Å². The minimum absolute atomic E-state index is 0.0218. The molecule has 1 unspecified atom stereocenters. The van der Waals surface area contributed by atoms with Gasteiger partial charge in [-0.2, -0.15) is 0 Å². The van der Waals surface area contributed by atoms with Gasteiger partial charge in [-0.15, -0.1) is 11.3 Å². The SMILES string of the molecule is Cc1sc(Br)cc1C(O)c1ccc(F)c(Cl)c1. The fraction of sp³-hybridized carbons (Fsp3) is 0.167. The maximum atomic E-state index is 13.0. The molecule has 0 fully saturated rings. The lowest BCUT2D eigenvalue weighted by molar-refractivity contribution is 0.220. The van der Waals surface area contributed by atoms with Crippen LogP contribution in [0.3, 0.4) is 0 Å². The van der Waals surface area contributed by atoms with Crippen LogP contribution < -0.4 is 0 Å². The van der Waals surface area contributed by atoms with Gasteiger partial charge in [0.1, 0.15) is 11.9 Å². The Morgan fingerprint density at radius 3 is 2.65 bits per heavy atom. The second kappa shape index (κ2) is 5.06. The number of aryl methyl sites for hydroxylation is 1. The summed E-state index contributed by atoms with van der Waals surface area (Å²) >= 11 is 10.6. The molecule has 5 heteroatoms. The average Bonchev–Trinajstić information content (AvgIpc) is 2.61. The zero-order chi connectivity index (χ0) is 12.6. The van der Waals surface area contributed by atoms with Gasteiger partial charge in [0.15, 0.2) is 0 Å². The van der Waals surface area contributed by atoms with Gasteiger partial charge in [0.2, 0.25) is 0 Å². The lowest BCUT2D eigenvalue weighted by Gasteiger charge is -2.11. The standard InChI is InChI=1S/C12H9BrClFOS/c1-6-8(5-11(13)17-6)12(16)7-2-3-10(15)9(14)4-7/h2-5,12,16H,1H3. The first-order chi connectivity index (χ1) is 7.99. The Balaban J connectivity index is 2.40. The summed E-state index contributed by atoms with van der Waals surface area (Å²) in [5.41, 5.74) is 1.40. The van der Waals surface area contributed by atoms with E-state index in [1.165, 1.54) is 18.2 Å². The summed E-state index contributed by atoms with van der Waals surface area (Å²) < 4.78 is 14.0. The van der Waals surface area contributed by atoms with Gasteiger partial charge in [0, 0.05) is 4.88 Å². The molecule has 1 atom stereocenters. The molecule has 0 saturated carbocycles. The van der Waals surface area contributed by atoms with E-state index in [0.29, 0.717) is 5.56 Å². The zero-order valence-corrected chi connectivity index (χ0v) is 12.0. The number of halogens is 3. The van der Waals surface area contributed by atoms with E-state index in [1.54, 1.807) is 11.3 Å². The molecule has 2 rings (SSSR count). The monoisotopic (exact) mass is 334 g/mol. The summed E-state index contributed by atoms with van der Waals surface area (Å²) in [4.78, 5) is 1.02. The zero-order valence-electron chi connectivity index (χ0n) is 8.88. The largest absolute Gasteiger partial charge is 0.384 e. The molecule has 0 aliphatic carbocycles. The summed E-state index contributed by atoms with van der Waals surface area (Å²) in [6.07, 6.45) is -0.782. The highest BCUT2D eigenvalue weighted by molar-refractivity contribution is 9.11. The van der Waals surface area contributed by atoms with Gasteiger partial charge in [-0.3, -0.25) is 0 Å². The topological polar surface area (TPSA) is 20.2 Å². The summed E-state index contributed by atoms with van der Waals surface area (Å²) in [5.74, 6) is -0.481. The molecule has 0 spiro atoms. The third-order valence-electron chi connectivity index (χ3n) is 2.48. The number of thiophene rings is 1. The minimum Gasteiger partial charge on any atom is -0.384 e. The molecule has 0 bridgehead atoms. The van der Waals surface area contributed by atoms with Crippen LogP contribution in [-0.2, 0) is 0 Å². The van der Waals surface area contributed by atoms with Crippen molar-refractivity contribution in [1.82, 2.24) is 0 Å². The molecule has 1 heterocycles. The van der Waals surface area contributed by atoms with Crippen molar-refractivity contribution in [1.29, 1.82) is 0 Å². The highest BCUT2D eigenvalue weighted by Gasteiger charge is 2.16. The first-order valence-electron chi connectivity index (χ1n) is 4.88. The highest BCUT2D eigenvalue weighted by atomic mass is 79.9. The van der Waals surface area contributed by atoms with E-state index in [9.17, 15) is 9.50 Å². The van der Waals surface area contributed by atoms with Crippen LogP contribution in [0, 0.1) is 12.7 Å². The molecular formula is C12H9BrClFOS. The van der Waals surface area contributed by atoms with Crippen LogP contribution in [0.25, 0.3) is 0 Å². The van der Waals surface area contributed by atoms with Crippen molar-refractivity contribution in [3.8, 4) is 0 Å². The first kappa shape index (κ1) is 13.0. The van der Waals surface area contributed by atoms with Crippen LogP contribution in [0.1, 0.15) is 22.1 Å². The molecule has 17 heavy (non-hydrogen) atoms. The van der Waals surface area contributed by atoms with Gasteiger partial charge in [0.25, 0.3) is 0 Å². The molecular weight excluding hydrogens is 327 g/mol. The van der Waals surface area contributed by atoms with Crippen molar-refractivity contribution < 1.29 is 9.50 Å². The van der Waals surface area contributed by atoms with Crippen molar-refractivity contribution in [2.24, 2.45) is 0 Å². The molecule has 1 aromatic heterocycles. The summed E-state index contributed by atoms with van der Waals surface area (Å²) in [5, 5.41) is 10.2. The Bertz CT molecular complexity index is 555. The number of aliphatic hydroxyl groups excluding tert-OH is 1. The third-order valence-corrected chi connectivity index (χ3v) is 4.34. The molecule has 1 nitrogen and oxygen atoms in total. The van der Waals surface area contributed by atoms with Crippen molar-refractivity contribution >= 4 is 38.9 Å². The van der Waals surface area contributed by atoms with Gasteiger partial charge >= 0.3 is 0 Å². The van der Waals surface area contributed by atoms with Crippen LogP contribution in [0.4, 0.5) is 4.39 Å². The molecule has 0 saturated heterocycles. The normalized spacial score (nSPS) is 12.8. The minimum atomic E-state index is -0.782. The molecule has 0 radical (unpaired) electrons. The van der Waals surface area contributed by atoms with E-state index in [2.05, 4.69) is 15.9 Å². The average molecular weight is 336 g/mol. The number of hydrogen-bond acceptors (Lipinski definition) is 2. The van der Waals surface area contributed by atoms with E-state index in [1.807, 2.05) is 13.0 Å². The van der Waals surface area contributed by atoms with Crippen LogP contribution in [-0.4, -0.2) is 5.11 Å². The van der Waals surface area contributed by atoms with Crippen molar-refractivity contribution in [3.05, 3.63) is 54.9 Å². The smallest absolute Gasteiger partial charge is 0.141 e. The van der Waals surface area contributed by atoms with E-state index in [-0.39, 0.29) is 5.02 Å². The fourth-order valence-electron chi connectivity index (χ4n) is 1.59. The van der Waals surface area contributed by atoms with Gasteiger partial charge in [-0.25, -0.2) is 4.39 Å². The Morgan fingerprint density at radius 1 is 1.41 bits per heavy atom. The predicted octanol–water partition coefficient (Wildman–Crippen LogP) is 4.69. The van der Waals surface area contributed by atoms with E-state index >= 15 is 0 Å². The predicted molar refractivity (Wildman–Crippen MR) is 72.2 cm³/mol. The van der Waals surface area contributed by atoms with Gasteiger partial charge in [-0.05, 0) is 52.2 Å². The number of hydrogen-bond donors (Lipinski definition) is 1. The Hall–Kier alpha value is -0.420. The Morgan fingerprint density at radius 2 is 2.12 bits per heavy atom. The van der Waals surface area contributed by atoms with Crippen molar-refractivity contribution in [3.63, 3.8) is 0 Å². The number of benzene rings is 1. The lowest BCUT2D eigenvalue weighted by Crippen LogP contribution is -2.00. The summed E-state index contributed by atoms with van der Waals surface area (Å²) in [6, 6.07) is 6.11. The fourth-order valence-corrected chi connectivity index (χ4v) is 3.52. The summed E-state index contributed by atoms with van der Waals surface area (Å²) in [6.45, 7) is 1.93. The van der Waals surface area contributed by atoms with Gasteiger partial charge in [-0.1, -0.05) is 17.7 Å². The molecule has 2 aromatic rings.